The summed E-state index contributed by atoms with van der Waals surface area (Å²) in [5.74, 6) is 1.55. The maximum absolute atomic E-state index is 13.4. The first-order valence-electron chi connectivity index (χ1n) is 15.9. The number of ketones is 1. The van der Waals surface area contributed by atoms with Crippen LogP contribution >= 0.6 is 0 Å². The van der Waals surface area contributed by atoms with Gasteiger partial charge in [-0.1, -0.05) is 83.8 Å². The van der Waals surface area contributed by atoms with Crippen molar-refractivity contribution in [3.05, 3.63) is 125 Å². The quantitative estimate of drug-likeness (QED) is 0.0660. The molecular weight excluding hydrogens is 567 g/mol. The van der Waals surface area contributed by atoms with Crippen LogP contribution in [0.3, 0.4) is 0 Å². The predicted octanol–water partition coefficient (Wildman–Crippen LogP) is 8.00. The van der Waals surface area contributed by atoms with Crippen molar-refractivity contribution in [2.45, 2.75) is 45.1 Å². The van der Waals surface area contributed by atoms with Crippen molar-refractivity contribution in [3.8, 4) is 11.5 Å². The van der Waals surface area contributed by atoms with E-state index in [-0.39, 0.29) is 17.6 Å². The molecule has 3 atom stereocenters. The van der Waals surface area contributed by atoms with Gasteiger partial charge in [-0.15, -0.1) is 0 Å². The van der Waals surface area contributed by atoms with Crippen LogP contribution in [0.15, 0.2) is 103 Å². The first kappa shape index (κ1) is 28.5. The fourth-order valence-electron chi connectivity index (χ4n) is 7.38. The number of allylic oxidation sites excluding steroid dienone is 2. The highest BCUT2D eigenvalue weighted by atomic mass is 16.5. The van der Waals surface area contributed by atoms with Gasteiger partial charge in [-0.25, -0.2) is 9.97 Å². The van der Waals surface area contributed by atoms with Crippen LogP contribution in [0, 0.1) is 5.92 Å². The molecule has 0 aliphatic carbocycles. The average molecular weight is 601 g/mol. The molecule has 46 heavy (non-hydrogen) atoms. The minimum absolute atomic E-state index is 0.00714. The summed E-state index contributed by atoms with van der Waals surface area (Å²) in [6.45, 7) is 7.00. The smallest absolute Gasteiger partial charge is 0.193 e. The van der Waals surface area contributed by atoms with Crippen molar-refractivity contribution in [3.63, 3.8) is 0 Å². The van der Waals surface area contributed by atoms with Gasteiger partial charge in [0.25, 0.3) is 0 Å². The summed E-state index contributed by atoms with van der Waals surface area (Å²) in [6, 6.07) is 29.1. The molecule has 0 saturated carbocycles. The van der Waals surface area contributed by atoms with E-state index in [0.29, 0.717) is 28.7 Å². The molecule has 2 radical (unpaired) electrons. The molecule has 6 heteroatoms. The van der Waals surface area contributed by atoms with Gasteiger partial charge < -0.3 is 9.47 Å². The fraction of sp³-hybridized carbons (Fsp3) is 0.225. The Labute approximate surface area is 269 Å². The van der Waals surface area contributed by atoms with Gasteiger partial charge in [0, 0.05) is 44.9 Å². The maximum atomic E-state index is 13.4. The largest absolute Gasteiger partial charge is 0.493 e. The molecular formula is C40H33BN2O3. The molecule has 5 nitrogen and oxygen atoms in total. The van der Waals surface area contributed by atoms with Crippen LogP contribution < -0.4 is 14.9 Å². The van der Waals surface area contributed by atoms with Gasteiger partial charge in [0.1, 0.15) is 24.9 Å². The van der Waals surface area contributed by atoms with Gasteiger partial charge in [-0.05, 0) is 57.9 Å². The van der Waals surface area contributed by atoms with Crippen LogP contribution in [-0.4, -0.2) is 35.8 Å². The molecule has 0 amide bonds. The molecule has 3 heterocycles. The number of nitrogens with zero attached hydrogens (tertiary/aromatic N) is 2. The third-order valence-corrected chi connectivity index (χ3v) is 9.70. The first-order chi connectivity index (χ1) is 22.3. The van der Waals surface area contributed by atoms with Crippen molar-refractivity contribution in [1.29, 1.82) is 0 Å². The lowest BCUT2D eigenvalue weighted by Gasteiger charge is -2.49. The number of hydrogen-bond acceptors (Lipinski definition) is 5. The Hall–Kier alpha value is -4.97. The molecule has 8 rings (SSSR count). The van der Waals surface area contributed by atoms with Crippen LogP contribution in [0.4, 0.5) is 0 Å². The zero-order valence-electron chi connectivity index (χ0n) is 26.2. The van der Waals surface area contributed by atoms with Crippen LogP contribution in [0.25, 0.3) is 32.8 Å². The van der Waals surface area contributed by atoms with Crippen molar-refractivity contribution >= 4 is 51.9 Å². The van der Waals surface area contributed by atoms with E-state index < -0.39 is 5.60 Å². The summed E-state index contributed by atoms with van der Waals surface area (Å²) in [6.07, 6.45) is 4.01. The Bertz CT molecular complexity index is 2220. The third kappa shape index (κ3) is 4.58. The second-order valence-electron chi connectivity index (χ2n) is 13.0. The molecule has 0 N–H and O–H groups in total. The number of ether oxygens (including phenoxy) is 2. The van der Waals surface area contributed by atoms with E-state index in [1.165, 1.54) is 5.57 Å². The second-order valence-corrected chi connectivity index (χ2v) is 13.0. The Morgan fingerprint density at radius 1 is 0.891 bits per heavy atom. The summed E-state index contributed by atoms with van der Waals surface area (Å²) in [5.41, 5.74) is 7.72. The Morgan fingerprint density at radius 2 is 1.65 bits per heavy atom. The van der Waals surface area contributed by atoms with Crippen molar-refractivity contribution in [2.24, 2.45) is 5.92 Å². The number of rotatable bonds is 5. The van der Waals surface area contributed by atoms with E-state index in [1.807, 2.05) is 72.8 Å². The molecule has 224 valence electrons. The third-order valence-electron chi connectivity index (χ3n) is 9.70. The fourth-order valence-corrected chi connectivity index (χ4v) is 7.38. The summed E-state index contributed by atoms with van der Waals surface area (Å²) in [5, 5.41) is 2.00. The molecule has 2 aliphatic rings. The normalized spacial score (nSPS) is 19.9. The number of hydrogen-bond donors (Lipinski definition) is 0. The SMILES string of the molecule is [B]c1ccc2c(c1)[C@H]1c3c(c4ccccc4c4nc5ccc(C(=O)c6ccccc6)cc5nc34)O[C@](C)(CCC=C(C)C)[C@H]1CO2. The highest BCUT2D eigenvalue weighted by Crippen LogP contribution is 2.57. The lowest BCUT2D eigenvalue weighted by atomic mass is 9.66. The van der Waals surface area contributed by atoms with E-state index >= 15 is 0 Å². The Kier molecular flexibility index (Phi) is 6.71. The standard InChI is InChI=1S/C40H33BN2O3/c1-23(2)10-9-19-40(3)30-22-45-33-18-16-26(41)21-29(33)34(30)35-37-36(27-13-7-8-14-28(27)39(35)46-40)42-31-17-15-25(20-32(31)43-37)38(44)24-11-5-4-6-12-24/h4-8,10-18,20-21,30,34H,9,19,22H2,1-3H3/t30-,34+,40+/m0/s1. The lowest BCUT2D eigenvalue weighted by molar-refractivity contribution is -0.0315. The van der Waals surface area contributed by atoms with Crippen molar-refractivity contribution in [2.75, 3.05) is 6.61 Å². The Balaban J connectivity index is 1.41. The van der Waals surface area contributed by atoms with E-state index in [4.69, 9.17) is 27.3 Å². The minimum Gasteiger partial charge on any atom is -0.493 e. The van der Waals surface area contributed by atoms with E-state index in [1.54, 1.807) is 0 Å². The van der Waals surface area contributed by atoms with Gasteiger partial charge in [0.15, 0.2) is 5.78 Å². The number of carbonyl (C=O) groups is 1. The van der Waals surface area contributed by atoms with Crippen LogP contribution in [0.5, 0.6) is 11.5 Å². The van der Waals surface area contributed by atoms with E-state index in [2.05, 4.69) is 45.0 Å². The molecule has 0 unspecified atom stereocenters. The number of benzene rings is 5. The van der Waals surface area contributed by atoms with Gasteiger partial charge in [-0.2, -0.15) is 0 Å². The monoisotopic (exact) mass is 600 g/mol. The predicted molar refractivity (Wildman–Crippen MR) is 185 cm³/mol. The minimum atomic E-state index is -0.512. The average Bonchev–Trinajstić information content (AvgIpc) is 3.07. The van der Waals surface area contributed by atoms with Gasteiger partial charge in [0.05, 0.1) is 28.7 Å². The first-order valence-corrected chi connectivity index (χ1v) is 15.9. The molecule has 1 aromatic heterocycles. The molecule has 0 bridgehead atoms. The zero-order chi connectivity index (χ0) is 31.6. The number of carbonyl (C=O) groups excluding carboxylic acids is 1. The number of aromatic nitrogens is 2. The highest BCUT2D eigenvalue weighted by Gasteiger charge is 2.51. The highest BCUT2D eigenvalue weighted by molar-refractivity contribution is 6.32. The molecule has 0 saturated heterocycles. The van der Waals surface area contributed by atoms with E-state index in [0.717, 1.165) is 62.8 Å². The van der Waals surface area contributed by atoms with Gasteiger partial charge >= 0.3 is 0 Å². The van der Waals surface area contributed by atoms with Crippen LogP contribution in [-0.2, 0) is 0 Å². The second kappa shape index (κ2) is 10.8. The summed E-state index contributed by atoms with van der Waals surface area (Å²) >= 11 is 0. The lowest BCUT2D eigenvalue weighted by Crippen LogP contribution is -2.51. The number of fused-ring (bicyclic) bond motifs is 11. The van der Waals surface area contributed by atoms with Crippen molar-refractivity contribution < 1.29 is 14.3 Å². The van der Waals surface area contributed by atoms with Crippen molar-refractivity contribution in [1.82, 2.24) is 9.97 Å². The van der Waals surface area contributed by atoms with Gasteiger partial charge in [0.2, 0.25) is 0 Å². The zero-order valence-corrected chi connectivity index (χ0v) is 26.2. The summed E-state index contributed by atoms with van der Waals surface area (Å²) in [4.78, 5) is 24.0. The maximum Gasteiger partial charge on any atom is 0.193 e. The topological polar surface area (TPSA) is 61.3 Å². The van der Waals surface area contributed by atoms with Gasteiger partial charge in [-0.3, -0.25) is 4.79 Å². The molecule has 6 aromatic rings. The van der Waals surface area contributed by atoms with Crippen LogP contribution in [0.2, 0.25) is 0 Å². The van der Waals surface area contributed by atoms with Crippen LogP contribution in [0.1, 0.15) is 66.6 Å². The molecule has 0 fully saturated rings. The summed E-state index contributed by atoms with van der Waals surface area (Å²) < 4.78 is 13.6. The Morgan fingerprint density at radius 3 is 2.46 bits per heavy atom. The molecule has 2 aliphatic heterocycles. The molecule has 5 aromatic carbocycles. The van der Waals surface area contributed by atoms with E-state index in [9.17, 15) is 4.79 Å². The molecule has 0 spiro atoms. The summed E-state index contributed by atoms with van der Waals surface area (Å²) in [7, 11) is 6.42.